The van der Waals surface area contributed by atoms with E-state index < -0.39 is 0 Å². The first-order valence-electron chi connectivity index (χ1n) is 4.92. The minimum Gasteiger partial charge on any atom is -0.361 e. The fourth-order valence-electron chi connectivity index (χ4n) is 1.95. The molecule has 0 amide bonds. The molecular weight excluding hydrogens is 158 g/mol. The number of aryl methyl sites for hydroxylation is 1. The van der Waals surface area contributed by atoms with Gasteiger partial charge in [0.05, 0.1) is 0 Å². The van der Waals surface area contributed by atoms with Gasteiger partial charge in [0.2, 0.25) is 0 Å². The highest BCUT2D eigenvalue weighted by Crippen LogP contribution is 2.41. The summed E-state index contributed by atoms with van der Waals surface area (Å²) in [6.07, 6.45) is 4.85. The van der Waals surface area contributed by atoms with Gasteiger partial charge in [0, 0.05) is 17.1 Å². The Morgan fingerprint density at radius 2 is 2.15 bits per heavy atom. The van der Waals surface area contributed by atoms with Crippen molar-refractivity contribution in [3.63, 3.8) is 0 Å². The summed E-state index contributed by atoms with van der Waals surface area (Å²) in [7, 11) is 0. The van der Waals surface area contributed by atoms with E-state index in [-0.39, 0.29) is 0 Å². The molecule has 0 aliphatic heterocycles. The van der Waals surface area contributed by atoms with Crippen molar-refractivity contribution in [2.45, 2.75) is 25.7 Å². The van der Waals surface area contributed by atoms with Crippen LogP contribution in [-0.2, 0) is 0 Å². The molecule has 2 aromatic rings. The van der Waals surface area contributed by atoms with Crippen LogP contribution in [0.5, 0.6) is 0 Å². The maximum atomic E-state index is 3.27. The number of aromatic amines is 1. The fraction of sp³-hybridized carbons (Fsp3) is 0.333. The van der Waals surface area contributed by atoms with E-state index in [4.69, 9.17) is 0 Å². The molecule has 0 unspecified atom stereocenters. The molecular formula is C12H13N. The van der Waals surface area contributed by atoms with E-state index in [9.17, 15) is 0 Å². The smallest absolute Gasteiger partial charge is 0.0456 e. The van der Waals surface area contributed by atoms with Crippen LogP contribution in [0.25, 0.3) is 10.9 Å². The lowest BCUT2D eigenvalue weighted by Gasteiger charge is -1.98. The largest absolute Gasteiger partial charge is 0.361 e. The zero-order valence-corrected chi connectivity index (χ0v) is 7.80. The fourth-order valence-corrected chi connectivity index (χ4v) is 1.95. The molecule has 0 atom stereocenters. The summed E-state index contributed by atoms with van der Waals surface area (Å²) in [5, 5.41) is 1.39. The quantitative estimate of drug-likeness (QED) is 0.677. The summed E-state index contributed by atoms with van der Waals surface area (Å²) in [4.78, 5) is 3.27. The summed E-state index contributed by atoms with van der Waals surface area (Å²) in [6, 6.07) is 6.81. The average Bonchev–Trinajstić information content (AvgIpc) is 2.93. The van der Waals surface area contributed by atoms with E-state index in [1.807, 2.05) is 0 Å². The molecule has 1 aromatic heterocycles. The van der Waals surface area contributed by atoms with E-state index in [2.05, 4.69) is 36.3 Å². The number of aromatic nitrogens is 1. The predicted octanol–water partition coefficient (Wildman–Crippen LogP) is 3.35. The normalized spacial score (nSPS) is 16.7. The number of rotatable bonds is 1. The van der Waals surface area contributed by atoms with Crippen LogP contribution in [0.2, 0.25) is 0 Å². The third-order valence-electron chi connectivity index (χ3n) is 2.96. The Bertz CT molecular complexity index is 449. The van der Waals surface area contributed by atoms with Crippen LogP contribution in [0.15, 0.2) is 24.4 Å². The van der Waals surface area contributed by atoms with E-state index in [0.29, 0.717) is 0 Å². The molecule has 1 aliphatic rings. The molecule has 1 saturated carbocycles. The molecule has 0 spiro atoms. The Kier molecular flexibility index (Phi) is 1.32. The van der Waals surface area contributed by atoms with Crippen molar-refractivity contribution in [2.75, 3.05) is 0 Å². The minimum absolute atomic E-state index is 0.860. The van der Waals surface area contributed by atoms with Crippen molar-refractivity contribution < 1.29 is 0 Å². The van der Waals surface area contributed by atoms with Gasteiger partial charge in [0.1, 0.15) is 0 Å². The van der Waals surface area contributed by atoms with Gasteiger partial charge >= 0.3 is 0 Å². The zero-order valence-electron chi connectivity index (χ0n) is 7.80. The third kappa shape index (κ3) is 1.07. The second-order valence-electron chi connectivity index (χ2n) is 4.05. The summed E-state index contributed by atoms with van der Waals surface area (Å²) in [6.45, 7) is 2.16. The molecule has 1 heterocycles. The second kappa shape index (κ2) is 2.38. The zero-order chi connectivity index (χ0) is 8.84. The standard InChI is InChI=1S/C12H13N/c1-8-7-13-12-5-4-10(6-11(8)12)9-2-3-9/h4-7,9,13H,2-3H2,1H3. The van der Waals surface area contributed by atoms with E-state index in [1.165, 1.54) is 34.9 Å². The first-order valence-corrected chi connectivity index (χ1v) is 4.92. The van der Waals surface area contributed by atoms with Crippen LogP contribution in [0.1, 0.15) is 29.9 Å². The van der Waals surface area contributed by atoms with Crippen LogP contribution >= 0.6 is 0 Å². The van der Waals surface area contributed by atoms with Gasteiger partial charge in [-0.3, -0.25) is 0 Å². The van der Waals surface area contributed by atoms with Crippen molar-refractivity contribution >= 4 is 10.9 Å². The van der Waals surface area contributed by atoms with E-state index >= 15 is 0 Å². The topological polar surface area (TPSA) is 15.8 Å². The molecule has 1 nitrogen and oxygen atoms in total. The van der Waals surface area contributed by atoms with Crippen molar-refractivity contribution in [3.8, 4) is 0 Å². The van der Waals surface area contributed by atoms with E-state index in [1.54, 1.807) is 0 Å². The molecule has 1 aliphatic carbocycles. The van der Waals surface area contributed by atoms with Crippen molar-refractivity contribution in [3.05, 3.63) is 35.5 Å². The minimum atomic E-state index is 0.860. The van der Waals surface area contributed by atoms with Crippen LogP contribution in [0.4, 0.5) is 0 Å². The highest BCUT2D eigenvalue weighted by atomic mass is 14.7. The molecule has 0 bridgehead atoms. The maximum absolute atomic E-state index is 3.27. The van der Waals surface area contributed by atoms with Crippen LogP contribution in [0, 0.1) is 6.92 Å². The van der Waals surface area contributed by atoms with Crippen molar-refractivity contribution in [1.29, 1.82) is 0 Å². The van der Waals surface area contributed by atoms with Crippen molar-refractivity contribution in [1.82, 2.24) is 4.98 Å². The van der Waals surface area contributed by atoms with Gasteiger partial charge in [-0.2, -0.15) is 0 Å². The Morgan fingerprint density at radius 3 is 2.92 bits per heavy atom. The third-order valence-corrected chi connectivity index (χ3v) is 2.96. The van der Waals surface area contributed by atoms with Gasteiger partial charge in [0.25, 0.3) is 0 Å². The number of hydrogen-bond donors (Lipinski definition) is 1. The highest BCUT2D eigenvalue weighted by Gasteiger charge is 2.23. The van der Waals surface area contributed by atoms with Crippen molar-refractivity contribution in [2.24, 2.45) is 0 Å². The monoisotopic (exact) mass is 171 g/mol. The van der Waals surface area contributed by atoms with Crippen LogP contribution < -0.4 is 0 Å². The summed E-state index contributed by atoms with van der Waals surface area (Å²) in [5.74, 6) is 0.860. The molecule has 1 heteroatoms. The highest BCUT2D eigenvalue weighted by molar-refractivity contribution is 5.83. The Morgan fingerprint density at radius 1 is 1.31 bits per heavy atom. The number of benzene rings is 1. The number of fused-ring (bicyclic) bond motifs is 1. The Balaban J connectivity index is 2.24. The Labute approximate surface area is 77.8 Å². The van der Waals surface area contributed by atoms with Crippen LogP contribution in [-0.4, -0.2) is 4.98 Å². The molecule has 13 heavy (non-hydrogen) atoms. The SMILES string of the molecule is Cc1c[nH]c2ccc(C3CC3)cc12. The average molecular weight is 171 g/mol. The molecule has 0 radical (unpaired) electrons. The molecule has 66 valence electrons. The Hall–Kier alpha value is -1.24. The summed E-state index contributed by atoms with van der Waals surface area (Å²) >= 11 is 0. The van der Waals surface area contributed by atoms with Gasteiger partial charge in [-0.1, -0.05) is 6.07 Å². The molecule has 0 saturated heterocycles. The molecule has 1 aromatic carbocycles. The molecule has 1 fully saturated rings. The van der Waals surface area contributed by atoms with Gasteiger partial charge in [-0.05, 0) is 48.9 Å². The molecule has 1 N–H and O–H groups in total. The van der Waals surface area contributed by atoms with Gasteiger partial charge in [0.15, 0.2) is 0 Å². The number of nitrogens with one attached hydrogen (secondary N) is 1. The van der Waals surface area contributed by atoms with Gasteiger partial charge < -0.3 is 4.98 Å². The summed E-state index contributed by atoms with van der Waals surface area (Å²) in [5.41, 5.74) is 4.15. The van der Waals surface area contributed by atoms with Gasteiger partial charge in [-0.15, -0.1) is 0 Å². The lowest BCUT2D eigenvalue weighted by molar-refractivity contribution is 1.14. The van der Waals surface area contributed by atoms with E-state index in [0.717, 1.165) is 5.92 Å². The first kappa shape index (κ1) is 7.19. The maximum Gasteiger partial charge on any atom is 0.0456 e. The lowest BCUT2D eigenvalue weighted by atomic mass is 10.1. The van der Waals surface area contributed by atoms with Crippen LogP contribution in [0.3, 0.4) is 0 Å². The van der Waals surface area contributed by atoms with Gasteiger partial charge in [-0.25, -0.2) is 0 Å². The second-order valence-corrected chi connectivity index (χ2v) is 4.05. The predicted molar refractivity (Wildman–Crippen MR) is 55.0 cm³/mol. The summed E-state index contributed by atoms with van der Waals surface area (Å²) < 4.78 is 0. The first-order chi connectivity index (χ1) is 6.34. The number of hydrogen-bond acceptors (Lipinski definition) is 0. The molecule has 3 rings (SSSR count). The number of H-pyrrole nitrogens is 1. The lowest BCUT2D eigenvalue weighted by Crippen LogP contribution is -1.78.